The molecule has 0 spiro atoms. The van der Waals surface area contributed by atoms with Crippen molar-refractivity contribution >= 4 is 29.9 Å². The van der Waals surface area contributed by atoms with Crippen LogP contribution in [0.5, 0.6) is 5.75 Å². The zero-order valence-electron chi connectivity index (χ0n) is 19.5. The van der Waals surface area contributed by atoms with Crippen molar-refractivity contribution in [3.63, 3.8) is 0 Å². The number of hydrogen-bond donors (Lipinski definition) is 3. The van der Waals surface area contributed by atoms with E-state index >= 15 is 0 Å². The topological polar surface area (TPSA) is 69.1 Å². The van der Waals surface area contributed by atoms with Gasteiger partial charge in [0, 0.05) is 45.3 Å². The lowest BCUT2D eigenvalue weighted by atomic mass is 10.1. The molecule has 3 N–H and O–H groups in total. The molecule has 2 fully saturated rings. The van der Waals surface area contributed by atoms with E-state index in [1.807, 2.05) is 18.2 Å². The van der Waals surface area contributed by atoms with Gasteiger partial charge in [0.05, 0.1) is 12.7 Å². The van der Waals surface area contributed by atoms with Crippen LogP contribution in [0.15, 0.2) is 53.5 Å². The van der Waals surface area contributed by atoms with Crippen molar-refractivity contribution < 1.29 is 9.84 Å². The van der Waals surface area contributed by atoms with Crippen LogP contribution in [0.2, 0.25) is 0 Å². The lowest BCUT2D eigenvalue weighted by molar-refractivity contribution is 0.0792. The Kier molecular flexibility index (Phi) is 10.3. The number of para-hydroxylation sites is 1. The third-order valence-electron chi connectivity index (χ3n) is 6.26. The van der Waals surface area contributed by atoms with Crippen molar-refractivity contribution in [2.45, 2.75) is 51.4 Å². The van der Waals surface area contributed by atoms with Gasteiger partial charge in [-0.15, -0.1) is 24.0 Å². The minimum atomic E-state index is -0.119. The molecule has 0 amide bonds. The molecule has 4 rings (SSSR count). The predicted octanol–water partition coefficient (Wildman–Crippen LogP) is 3.92. The van der Waals surface area contributed by atoms with Crippen LogP contribution in [0.3, 0.4) is 0 Å². The summed E-state index contributed by atoms with van der Waals surface area (Å²) in [5, 5.41) is 16.5. The third-order valence-corrected chi connectivity index (χ3v) is 6.26. The second-order valence-electron chi connectivity index (χ2n) is 8.97. The molecule has 2 aromatic carbocycles. The van der Waals surface area contributed by atoms with Gasteiger partial charge in [-0.3, -0.25) is 9.89 Å². The fourth-order valence-corrected chi connectivity index (χ4v) is 3.97. The molecule has 6 nitrogen and oxygen atoms in total. The zero-order valence-corrected chi connectivity index (χ0v) is 21.8. The summed E-state index contributed by atoms with van der Waals surface area (Å²) in [5.41, 5.74) is 3.68. The number of guanidine groups is 1. The zero-order chi connectivity index (χ0) is 22.2. The highest BCUT2D eigenvalue weighted by molar-refractivity contribution is 14.0. The van der Waals surface area contributed by atoms with Crippen LogP contribution in [0.1, 0.15) is 42.4 Å². The number of ether oxygens (including phenoxy) is 1. The Bertz CT molecular complexity index is 878. The molecule has 1 saturated carbocycles. The van der Waals surface area contributed by atoms with E-state index in [0.29, 0.717) is 6.54 Å². The molecule has 1 aliphatic carbocycles. The monoisotopic (exact) mass is 564 g/mol. The standard InChI is InChI=1S/C26H36N4O2.HI/c1-27-26(29-17-23-4-2-3-5-25(23)32-19-22-10-11-22)28-16-20-6-8-21(9-7-20)18-30-14-12-24(31)13-15-30;/h2-9,22,24,31H,10-19H2,1H3,(H2,27,28,29);1H. The normalized spacial score (nSPS) is 17.3. The Hall–Kier alpha value is -1.84. The number of rotatable bonds is 9. The van der Waals surface area contributed by atoms with E-state index in [9.17, 15) is 5.11 Å². The first-order chi connectivity index (χ1) is 15.7. The number of halogens is 1. The maximum atomic E-state index is 9.66. The summed E-state index contributed by atoms with van der Waals surface area (Å²) < 4.78 is 6.01. The molecular formula is C26H37IN4O2. The highest BCUT2D eigenvalue weighted by atomic mass is 127. The molecule has 1 saturated heterocycles. The van der Waals surface area contributed by atoms with Gasteiger partial charge in [-0.1, -0.05) is 42.5 Å². The van der Waals surface area contributed by atoms with Crippen LogP contribution in [0.4, 0.5) is 0 Å². The highest BCUT2D eigenvalue weighted by Crippen LogP contribution is 2.30. The van der Waals surface area contributed by atoms with Gasteiger partial charge in [0.1, 0.15) is 5.75 Å². The van der Waals surface area contributed by atoms with E-state index in [0.717, 1.165) is 68.8 Å². The first-order valence-electron chi connectivity index (χ1n) is 11.8. The van der Waals surface area contributed by atoms with Crippen LogP contribution in [-0.4, -0.2) is 48.8 Å². The summed E-state index contributed by atoms with van der Waals surface area (Å²) in [6, 6.07) is 17.0. The van der Waals surface area contributed by atoms with Crippen molar-refractivity contribution in [3.05, 3.63) is 65.2 Å². The quantitative estimate of drug-likeness (QED) is 0.245. The van der Waals surface area contributed by atoms with E-state index in [1.54, 1.807) is 7.05 Å². The number of aliphatic hydroxyl groups excluding tert-OH is 1. The van der Waals surface area contributed by atoms with Gasteiger partial charge in [-0.05, 0) is 48.8 Å². The lowest BCUT2D eigenvalue weighted by Crippen LogP contribution is -2.36. The average molecular weight is 565 g/mol. The van der Waals surface area contributed by atoms with Gasteiger partial charge in [0.25, 0.3) is 0 Å². The number of hydrogen-bond acceptors (Lipinski definition) is 4. The van der Waals surface area contributed by atoms with Crippen LogP contribution in [0, 0.1) is 5.92 Å². The van der Waals surface area contributed by atoms with E-state index < -0.39 is 0 Å². The SMILES string of the molecule is CN=C(NCc1ccc(CN2CCC(O)CC2)cc1)NCc1ccccc1OCC1CC1.I. The molecular weight excluding hydrogens is 527 g/mol. The van der Waals surface area contributed by atoms with Gasteiger partial charge in [0.15, 0.2) is 5.96 Å². The Balaban J connectivity index is 0.00000306. The number of nitrogens with one attached hydrogen (secondary N) is 2. The van der Waals surface area contributed by atoms with Crippen molar-refractivity contribution in [2.75, 3.05) is 26.7 Å². The van der Waals surface area contributed by atoms with Crippen LogP contribution >= 0.6 is 24.0 Å². The Morgan fingerprint density at radius 1 is 0.970 bits per heavy atom. The first kappa shape index (κ1) is 25.8. The maximum absolute atomic E-state index is 9.66. The number of aliphatic hydroxyl groups is 1. The van der Waals surface area contributed by atoms with Crippen LogP contribution < -0.4 is 15.4 Å². The first-order valence-corrected chi connectivity index (χ1v) is 11.8. The summed E-state index contributed by atoms with van der Waals surface area (Å²) >= 11 is 0. The number of benzene rings is 2. The molecule has 2 aliphatic rings. The molecule has 0 bridgehead atoms. The Labute approximate surface area is 214 Å². The fourth-order valence-electron chi connectivity index (χ4n) is 3.97. The van der Waals surface area contributed by atoms with Crippen LogP contribution in [-0.2, 0) is 19.6 Å². The van der Waals surface area contributed by atoms with Gasteiger partial charge < -0.3 is 20.5 Å². The second-order valence-corrected chi connectivity index (χ2v) is 8.97. The lowest BCUT2D eigenvalue weighted by Gasteiger charge is -2.29. The van der Waals surface area contributed by atoms with Crippen LogP contribution in [0.25, 0.3) is 0 Å². The van der Waals surface area contributed by atoms with E-state index in [2.05, 4.69) is 50.9 Å². The summed E-state index contributed by atoms with van der Waals surface area (Å²) in [5.74, 6) is 2.48. The molecule has 33 heavy (non-hydrogen) atoms. The number of aliphatic imine (C=N–C) groups is 1. The highest BCUT2D eigenvalue weighted by Gasteiger charge is 2.22. The molecule has 0 unspecified atom stereocenters. The van der Waals surface area contributed by atoms with Gasteiger partial charge >= 0.3 is 0 Å². The largest absolute Gasteiger partial charge is 0.493 e. The predicted molar refractivity (Wildman–Crippen MR) is 144 cm³/mol. The van der Waals surface area contributed by atoms with Crippen molar-refractivity contribution in [3.8, 4) is 5.75 Å². The molecule has 0 aromatic heterocycles. The Morgan fingerprint density at radius 2 is 1.64 bits per heavy atom. The second kappa shape index (κ2) is 13.2. The molecule has 1 aliphatic heterocycles. The van der Waals surface area contributed by atoms with E-state index in [1.165, 1.54) is 24.0 Å². The van der Waals surface area contributed by atoms with E-state index in [-0.39, 0.29) is 30.1 Å². The molecule has 0 radical (unpaired) electrons. The van der Waals surface area contributed by atoms with Crippen molar-refractivity contribution in [2.24, 2.45) is 10.9 Å². The van der Waals surface area contributed by atoms with Crippen molar-refractivity contribution in [1.82, 2.24) is 15.5 Å². The average Bonchev–Trinajstić information content (AvgIpc) is 3.65. The minimum Gasteiger partial charge on any atom is -0.493 e. The van der Waals surface area contributed by atoms with Gasteiger partial charge in [-0.2, -0.15) is 0 Å². The maximum Gasteiger partial charge on any atom is 0.191 e. The number of likely N-dealkylation sites (tertiary alicyclic amines) is 1. The smallest absolute Gasteiger partial charge is 0.191 e. The summed E-state index contributed by atoms with van der Waals surface area (Å²) in [6.07, 6.45) is 4.23. The molecule has 0 atom stereocenters. The summed E-state index contributed by atoms with van der Waals surface area (Å²) in [6.45, 7) is 5.10. The van der Waals surface area contributed by atoms with Crippen molar-refractivity contribution in [1.29, 1.82) is 0 Å². The summed E-state index contributed by atoms with van der Waals surface area (Å²) in [7, 11) is 1.80. The summed E-state index contributed by atoms with van der Waals surface area (Å²) in [4.78, 5) is 6.77. The molecule has 2 aromatic rings. The van der Waals surface area contributed by atoms with E-state index in [4.69, 9.17) is 4.74 Å². The molecule has 1 heterocycles. The third kappa shape index (κ3) is 8.46. The van der Waals surface area contributed by atoms with Gasteiger partial charge in [-0.25, -0.2) is 0 Å². The molecule has 7 heteroatoms. The minimum absolute atomic E-state index is 0. The van der Waals surface area contributed by atoms with Gasteiger partial charge in [0.2, 0.25) is 0 Å². The molecule has 180 valence electrons. The number of nitrogens with zero attached hydrogens (tertiary/aromatic N) is 2. The number of piperidine rings is 1. The Morgan fingerprint density at radius 3 is 2.33 bits per heavy atom. The fraction of sp³-hybridized carbons (Fsp3) is 0.500.